The van der Waals surface area contributed by atoms with Gasteiger partial charge in [-0.25, -0.2) is 0 Å². The molecule has 0 radical (unpaired) electrons. The summed E-state index contributed by atoms with van der Waals surface area (Å²) in [6.07, 6.45) is 13.9. The van der Waals surface area contributed by atoms with Crippen LogP contribution in [0, 0.1) is 5.41 Å². The van der Waals surface area contributed by atoms with Crippen LogP contribution in [0.5, 0.6) is 0 Å². The minimum absolute atomic E-state index is 0.240. The minimum atomic E-state index is 0.240. The van der Waals surface area contributed by atoms with Gasteiger partial charge in [-0.3, -0.25) is 4.79 Å². The number of piperidine rings is 1. The van der Waals surface area contributed by atoms with E-state index in [0.717, 1.165) is 37.4 Å². The number of nitrogens with one attached hydrogen (secondary N) is 1. The number of amides is 1. The first kappa shape index (κ1) is 14.4. The van der Waals surface area contributed by atoms with Crippen LogP contribution in [-0.4, -0.2) is 36.0 Å². The van der Waals surface area contributed by atoms with Crippen molar-refractivity contribution in [1.29, 1.82) is 0 Å². The maximum atomic E-state index is 11.3. The summed E-state index contributed by atoms with van der Waals surface area (Å²) in [7, 11) is 0. The number of nitrogens with zero attached hydrogens (tertiary/aromatic N) is 1. The molecule has 1 aliphatic heterocycles. The van der Waals surface area contributed by atoms with E-state index in [-0.39, 0.29) is 5.91 Å². The molecule has 114 valence electrons. The molecule has 0 aromatic heterocycles. The highest BCUT2D eigenvalue weighted by molar-refractivity contribution is 5.73. The Morgan fingerprint density at radius 2 is 1.50 bits per heavy atom. The average molecular weight is 278 g/mol. The van der Waals surface area contributed by atoms with E-state index < -0.39 is 0 Å². The summed E-state index contributed by atoms with van der Waals surface area (Å²) in [5.74, 6) is 0.240. The lowest BCUT2D eigenvalue weighted by molar-refractivity contribution is -0.129. The number of hydrogen-bond acceptors (Lipinski definition) is 2. The highest BCUT2D eigenvalue weighted by atomic mass is 16.2. The van der Waals surface area contributed by atoms with Crippen LogP contribution in [0.25, 0.3) is 0 Å². The molecule has 3 rings (SSSR count). The summed E-state index contributed by atoms with van der Waals surface area (Å²) in [6.45, 7) is 3.59. The van der Waals surface area contributed by atoms with Gasteiger partial charge < -0.3 is 10.2 Å². The van der Waals surface area contributed by atoms with E-state index in [4.69, 9.17) is 0 Å². The van der Waals surface area contributed by atoms with Crippen molar-refractivity contribution in [2.45, 2.75) is 83.2 Å². The van der Waals surface area contributed by atoms with Crippen LogP contribution in [0.2, 0.25) is 0 Å². The molecule has 0 unspecified atom stereocenters. The van der Waals surface area contributed by atoms with Gasteiger partial charge in [0.2, 0.25) is 5.91 Å². The number of carbonyl (C=O) groups is 1. The molecule has 2 aliphatic carbocycles. The summed E-state index contributed by atoms with van der Waals surface area (Å²) < 4.78 is 0. The monoisotopic (exact) mass is 278 g/mol. The first-order chi connectivity index (χ1) is 9.67. The van der Waals surface area contributed by atoms with Gasteiger partial charge in [0.25, 0.3) is 0 Å². The van der Waals surface area contributed by atoms with Crippen molar-refractivity contribution in [2.75, 3.05) is 13.1 Å². The Labute approximate surface area is 123 Å². The van der Waals surface area contributed by atoms with Crippen LogP contribution < -0.4 is 5.32 Å². The van der Waals surface area contributed by atoms with Crippen LogP contribution in [-0.2, 0) is 4.79 Å². The fraction of sp³-hybridized carbons (Fsp3) is 0.941. The van der Waals surface area contributed by atoms with E-state index in [0.29, 0.717) is 6.04 Å². The van der Waals surface area contributed by atoms with Crippen molar-refractivity contribution in [3.8, 4) is 0 Å². The fourth-order valence-corrected chi connectivity index (χ4v) is 4.72. The molecule has 0 aromatic carbocycles. The molecule has 1 N–H and O–H groups in total. The third-order valence-electron chi connectivity index (χ3n) is 6.12. The summed E-state index contributed by atoms with van der Waals surface area (Å²) in [5.41, 5.74) is 0.746. The molecule has 3 aliphatic rings. The number of hydrogen-bond donors (Lipinski definition) is 1. The summed E-state index contributed by atoms with van der Waals surface area (Å²) in [4.78, 5) is 13.3. The number of rotatable bonds is 2. The van der Waals surface area contributed by atoms with Gasteiger partial charge in [-0.1, -0.05) is 12.8 Å². The molecule has 0 atom stereocenters. The van der Waals surface area contributed by atoms with Crippen LogP contribution in [0.3, 0.4) is 0 Å². The van der Waals surface area contributed by atoms with E-state index >= 15 is 0 Å². The Bertz CT molecular complexity index is 331. The molecular formula is C17H30N2O. The van der Waals surface area contributed by atoms with Gasteiger partial charge in [0.05, 0.1) is 0 Å². The third-order valence-corrected chi connectivity index (χ3v) is 6.12. The molecule has 0 bridgehead atoms. The molecule has 3 nitrogen and oxygen atoms in total. The van der Waals surface area contributed by atoms with Crippen molar-refractivity contribution in [3.63, 3.8) is 0 Å². The zero-order chi connectivity index (χ0) is 14.0. The summed E-state index contributed by atoms with van der Waals surface area (Å²) in [5, 5.41) is 3.89. The van der Waals surface area contributed by atoms with Crippen molar-refractivity contribution < 1.29 is 4.79 Å². The highest BCUT2D eigenvalue weighted by Crippen LogP contribution is 2.48. The van der Waals surface area contributed by atoms with Gasteiger partial charge in [0, 0.05) is 32.1 Å². The van der Waals surface area contributed by atoms with E-state index in [1.54, 1.807) is 6.92 Å². The first-order valence-corrected chi connectivity index (χ1v) is 8.68. The smallest absolute Gasteiger partial charge is 0.219 e. The molecule has 3 heteroatoms. The molecular weight excluding hydrogens is 248 g/mol. The fourth-order valence-electron chi connectivity index (χ4n) is 4.72. The molecule has 2 saturated carbocycles. The number of carbonyl (C=O) groups excluding carboxylic acids is 1. The van der Waals surface area contributed by atoms with Gasteiger partial charge in [-0.05, 0) is 56.8 Å². The summed E-state index contributed by atoms with van der Waals surface area (Å²) in [6, 6.07) is 1.39. The van der Waals surface area contributed by atoms with E-state index in [1.807, 2.05) is 4.90 Å². The maximum Gasteiger partial charge on any atom is 0.219 e. The lowest BCUT2D eigenvalue weighted by Gasteiger charge is -2.40. The molecule has 1 heterocycles. The Hall–Kier alpha value is -0.570. The first-order valence-electron chi connectivity index (χ1n) is 8.68. The number of likely N-dealkylation sites (tertiary alicyclic amines) is 1. The second kappa shape index (κ2) is 6.05. The Balaban J connectivity index is 1.41. The van der Waals surface area contributed by atoms with E-state index in [1.165, 1.54) is 51.4 Å². The topological polar surface area (TPSA) is 32.3 Å². The largest absolute Gasteiger partial charge is 0.343 e. The van der Waals surface area contributed by atoms with E-state index in [9.17, 15) is 4.79 Å². The Morgan fingerprint density at radius 1 is 0.950 bits per heavy atom. The quantitative estimate of drug-likeness (QED) is 0.842. The SMILES string of the molecule is CC(=O)N1CCC(NC2CCC3(CCCC3)CC2)CC1. The normalized spacial score (nSPS) is 28.1. The minimum Gasteiger partial charge on any atom is -0.343 e. The zero-order valence-electron chi connectivity index (χ0n) is 13.0. The Kier molecular flexibility index (Phi) is 4.34. The van der Waals surface area contributed by atoms with Crippen LogP contribution >= 0.6 is 0 Å². The van der Waals surface area contributed by atoms with Gasteiger partial charge in [-0.2, -0.15) is 0 Å². The third kappa shape index (κ3) is 3.19. The van der Waals surface area contributed by atoms with Crippen LogP contribution in [0.15, 0.2) is 0 Å². The van der Waals surface area contributed by atoms with Gasteiger partial charge in [0.1, 0.15) is 0 Å². The molecule has 20 heavy (non-hydrogen) atoms. The standard InChI is InChI=1S/C17H30N2O/c1-14(20)19-12-6-16(7-13-19)18-15-4-10-17(11-5-15)8-2-3-9-17/h15-16,18H,2-13H2,1H3. The van der Waals surface area contributed by atoms with Crippen LogP contribution in [0.4, 0.5) is 0 Å². The van der Waals surface area contributed by atoms with Crippen molar-refractivity contribution in [3.05, 3.63) is 0 Å². The predicted octanol–water partition coefficient (Wildman–Crippen LogP) is 3.09. The molecule has 3 fully saturated rings. The van der Waals surface area contributed by atoms with Crippen molar-refractivity contribution in [1.82, 2.24) is 10.2 Å². The molecule has 1 spiro atoms. The average Bonchev–Trinajstić information content (AvgIpc) is 2.91. The zero-order valence-corrected chi connectivity index (χ0v) is 13.0. The van der Waals surface area contributed by atoms with Crippen molar-refractivity contribution >= 4 is 5.91 Å². The highest BCUT2D eigenvalue weighted by Gasteiger charge is 2.37. The van der Waals surface area contributed by atoms with Gasteiger partial charge >= 0.3 is 0 Å². The van der Waals surface area contributed by atoms with Crippen molar-refractivity contribution in [2.24, 2.45) is 5.41 Å². The van der Waals surface area contributed by atoms with Gasteiger partial charge in [-0.15, -0.1) is 0 Å². The van der Waals surface area contributed by atoms with E-state index in [2.05, 4.69) is 5.32 Å². The molecule has 0 aromatic rings. The molecule has 1 amide bonds. The van der Waals surface area contributed by atoms with Crippen LogP contribution in [0.1, 0.15) is 71.1 Å². The Morgan fingerprint density at radius 3 is 2.05 bits per heavy atom. The summed E-state index contributed by atoms with van der Waals surface area (Å²) >= 11 is 0. The second-order valence-corrected chi connectivity index (χ2v) is 7.43. The lowest BCUT2D eigenvalue weighted by atomic mass is 9.71. The second-order valence-electron chi connectivity index (χ2n) is 7.43. The maximum absolute atomic E-state index is 11.3. The molecule has 1 saturated heterocycles. The predicted molar refractivity (Wildman–Crippen MR) is 81.6 cm³/mol. The van der Waals surface area contributed by atoms with Gasteiger partial charge in [0.15, 0.2) is 0 Å². The lowest BCUT2D eigenvalue weighted by Crippen LogP contribution is -2.48.